The van der Waals surface area contributed by atoms with Crippen LogP contribution in [0.4, 0.5) is 10.1 Å². The SMILES string of the molecule is CC(C)c1ccc(N2C(=S)N[C@@H](c3ccccn3)[C@@H]2c2cccn2-c2ccc(F)cc2)cc1. The topological polar surface area (TPSA) is 33.1 Å². The summed E-state index contributed by atoms with van der Waals surface area (Å²) in [5, 5.41) is 4.16. The smallest absolute Gasteiger partial charge is 0.174 e. The third-order valence-electron chi connectivity index (χ3n) is 6.12. The first-order chi connectivity index (χ1) is 16.0. The van der Waals surface area contributed by atoms with Crippen LogP contribution >= 0.6 is 12.2 Å². The lowest BCUT2D eigenvalue weighted by atomic mass is 9.99. The van der Waals surface area contributed by atoms with E-state index >= 15 is 0 Å². The lowest BCUT2D eigenvalue weighted by molar-refractivity contribution is 0.549. The molecule has 0 spiro atoms. The Labute approximate surface area is 198 Å². The molecular formula is C27H25FN4S. The first-order valence-electron chi connectivity index (χ1n) is 11.1. The van der Waals surface area contributed by atoms with Crippen molar-refractivity contribution < 1.29 is 4.39 Å². The minimum atomic E-state index is -0.255. The van der Waals surface area contributed by atoms with Crippen molar-refractivity contribution in [3.8, 4) is 5.69 Å². The van der Waals surface area contributed by atoms with Crippen LogP contribution in [0, 0.1) is 5.82 Å². The fourth-order valence-electron chi connectivity index (χ4n) is 4.43. The minimum Gasteiger partial charge on any atom is -0.351 e. The number of benzene rings is 2. The van der Waals surface area contributed by atoms with Crippen molar-refractivity contribution in [3.05, 3.63) is 114 Å². The van der Waals surface area contributed by atoms with Crippen molar-refractivity contribution in [3.63, 3.8) is 0 Å². The van der Waals surface area contributed by atoms with Crippen molar-refractivity contribution >= 4 is 23.0 Å². The van der Waals surface area contributed by atoms with Crippen LogP contribution in [0.5, 0.6) is 0 Å². The number of hydrogen-bond donors (Lipinski definition) is 1. The second-order valence-electron chi connectivity index (χ2n) is 8.52. The molecule has 1 N–H and O–H groups in total. The molecule has 1 aliphatic heterocycles. The molecule has 1 saturated heterocycles. The molecule has 0 radical (unpaired) electrons. The van der Waals surface area contributed by atoms with Gasteiger partial charge < -0.3 is 14.8 Å². The van der Waals surface area contributed by atoms with Crippen LogP contribution in [0.3, 0.4) is 0 Å². The number of thiocarbonyl (C=S) groups is 1. The Morgan fingerprint density at radius 2 is 1.64 bits per heavy atom. The van der Waals surface area contributed by atoms with Gasteiger partial charge in [0.05, 0.1) is 11.7 Å². The Hall–Kier alpha value is -3.51. The highest BCUT2D eigenvalue weighted by atomic mass is 32.1. The van der Waals surface area contributed by atoms with Crippen LogP contribution < -0.4 is 10.2 Å². The quantitative estimate of drug-likeness (QED) is 0.357. The summed E-state index contributed by atoms with van der Waals surface area (Å²) in [5.74, 6) is 0.199. The molecule has 2 atom stereocenters. The summed E-state index contributed by atoms with van der Waals surface area (Å²) in [6.45, 7) is 4.37. The molecule has 6 heteroatoms. The van der Waals surface area contributed by atoms with Crippen LogP contribution in [0.1, 0.15) is 48.8 Å². The molecule has 3 heterocycles. The first-order valence-corrected chi connectivity index (χ1v) is 11.5. The Balaban J connectivity index is 1.63. The number of nitrogens with one attached hydrogen (secondary N) is 1. The molecule has 0 unspecified atom stereocenters. The molecule has 166 valence electrons. The third kappa shape index (κ3) is 4.02. The van der Waals surface area contributed by atoms with Crippen molar-refractivity contribution in [1.29, 1.82) is 0 Å². The zero-order valence-electron chi connectivity index (χ0n) is 18.5. The highest BCUT2D eigenvalue weighted by Crippen LogP contribution is 2.42. The van der Waals surface area contributed by atoms with E-state index in [-0.39, 0.29) is 17.9 Å². The maximum Gasteiger partial charge on any atom is 0.174 e. The summed E-state index contributed by atoms with van der Waals surface area (Å²) in [4.78, 5) is 6.79. The monoisotopic (exact) mass is 456 g/mol. The predicted molar refractivity (Wildman–Crippen MR) is 134 cm³/mol. The number of aromatic nitrogens is 2. The van der Waals surface area contributed by atoms with Gasteiger partial charge in [0.2, 0.25) is 0 Å². The minimum absolute atomic E-state index is 0.141. The van der Waals surface area contributed by atoms with E-state index in [4.69, 9.17) is 12.2 Å². The number of halogens is 1. The summed E-state index contributed by atoms with van der Waals surface area (Å²) < 4.78 is 15.7. The maximum atomic E-state index is 13.6. The van der Waals surface area contributed by atoms with E-state index in [1.165, 1.54) is 17.7 Å². The number of rotatable bonds is 5. The highest BCUT2D eigenvalue weighted by Gasteiger charge is 2.42. The van der Waals surface area contributed by atoms with Gasteiger partial charge in [0.15, 0.2) is 5.11 Å². The van der Waals surface area contributed by atoms with E-state index < -0.39 is 0 Å². The van der Waals surface area contributed by atoms with Gasteiger partial charge in [0.25, 0.3) is 0 Å². The molecule has 0 amide bonds. The number of anilines is 1. The summed E-state index contributed by atoms with van der Waals surface area (Å²) in [6.07, 6.45) is 3.80. The van der Waals surface area contributed by atoms with Crippen molar-refractivity contribution in [2.45, 2.75) is 31.8 Å². The molecular weight excluding hydrogens is 431 g/mol. The Bertz CT molecular complexity index is 1250. The molecule has 0 saturated carbocycles. The van der Waals surface area contributed by atoms with Crippen LogP contribution in [0.2, 0.25) is 0 Å². The fraction of sp³-hybridized carbons (Fsp3) is 0.185. The zero-order chi connectivity index (χ0) is 22.9. The second-order valence-corrected chi connectivity index (χ2v) is 8.91. The fourth-order valence-corrected chi connectivity index (χ4v) is 4.77. The molecule has 0 aliphatic carbocycles. The van der Waals surface area contributed by atoms with E-state index in [9.17, 15) is 4.39 Å². The predicted octanol–water partition coefficient (Wildman–Crippen LogP) is 6.31. The number of pyridine rings is 1. The molecule has 0 bridgehead atoms. The zero-order valence-corrected chi connectivity index (χ0v) is 19.3. The van der Waals surface area contributed by atoms with Crippen LogP contribution in [-0.4, -0.2) is 14.7 Å². The average Bonchev–Trinajstić information content (AvgIpc) is 3.44. The molecule has 2 aromatic heterocycles. The summed E-state index contributed by atoms with van der Waals surface area (Å²) >= 11 is 5.84. The van der Waals surface area contributed by atoms with Crippen LogP contribution in [-0.2, 0) is 0 Å². The van der Waals surface area contributed by atoms with Crippen LogP contribution in [0.25, 0.3) is 5.69 Å². The first kappa shape index (κ1) is 21.3. The van der Waals surface area contributed by atoms with E-state index in [0.29, 0.717) is 11.0 Å². The lowest BCUT2D eigenvalue weighted by Gasteiger charge is -2.29. The maximum absolute atomic E-state index is 13.6. The van der Waals surface area contributed by atoms with Gasteiger partial charge in [-0.15, -0.1) is 0 Å². The van der Waals surface area contributed by atoms with Gasteiger partial charge >= 0.3 is 0 Å². The van der Waals surface area contributed by atoms with Crippen molar-refractivity contribution in [1.82, 2.24) is 14.9 Å². The molecule has 33 heavy (non-hydrogen) atoms. The Kier molecular flexibility index (Phi) is 5.68. The van der Waals surface area contributed by atoms with Gasteiger partial charge in [-0.25, -0.2) is 4.39 Å². The van der Waals surface area contributed by atoms with Gasteiger partial charge in [-0.2, -0.15) is 0 Å². The molecule has 1 aliphatic rings. The lowest BCUT2D eigenvalue weighted by Crippen LogP contribution is -2.30. The van der Waals surface area contributed by atoms with Crippen LogP contribution in [0.15, 0.2) is 91.3 Å². The van der Waals surface area contributed by atoms with Crippen molar-refractivity contribution in [2.75, 3.05) is 4.90 Å². The Morgan fingerprint density at radius 3 is 2.30 bits per heavy atom. The van der Waals surface area contributed by atoms with Gasteiger partial charge in [0.1, 0.15) is 11.9 Å². The summed E-state index contributed by atoms with van der Waals surface area (Å²) in [5.41, 5.74) is 5.15. The normalized spacial score (nSPS) is 18.1. The Morgan fingerprint density at radius 1 is 0.909 bits per heavy atom. The largest absolute Gasteiger partial charge is 0.351 e. The van der Waals surface area contributed by atoms with Gasteiger partial charge in [0, 0.05) is 29.5 Å². The second kappa shape index (κ2) is 8.79. The van der Waals surface area contributed by atoms with Gasteiger partial charge in [-0.05, 0) is 84.4 Å². The molecule has 4 aromatic rings. The average molecular weight is 457 g/mol. The standard InChI is InChI=1S/C27H25FN4S/c1-18(2)19-8-12-22(13-9-19)32-26(25(30-27(32)33)23-6-3-4-16-29-23)24-7-5-17-31(24)21-14-10-20(28)11-15-21/h3-18,25-26H,1-2H3,(H,30,33)/t25-,26-/m0/s1. The summed E-state index contributed by atoms with van der Waals surface area (Å²) in [6, 6.07) is 24.9. The molecule has 2 aromatic carbocycles. The molecule has 1 fully saturated rings. The number of nitrogens with zero attached hydrogens (tertiary/aromatic N) is 3. The number of hydrogen-bond acceptors (Lipinski definition) is 2. The van der Waals surface area contributed by atoms with E-state index in [1.807, 2.05) is 30.5 Å². The highest BCUT2D eigenvalue weighted by molar-refractivity contribution is 7.80. The van der Waals surface area contributed by atoms with E-state index in [1.54, 1.807) is 18.3 Å². The van der Waals surface area contributed by atoms with Gasteiger partial charge in [-0.1, -0.05) is 32.0 Å². The van der Waals surface area contributed by atoms with E-state index in [2.05, 4.69) is 63.9 Å². The molecule has 5 rings (SSSR count). The van der Waals surface area contributed by atoms with Crippen molar-refractivity contribution in [2.24, 2.45) is 0 Å². The van der Waals surface area contributed by atoms with Gasteiger partial charge in [-0.3, -0.25) is 4.98 Å². The third-order valence-corrected chi connectivity index (χ3v) is 6.44. The van der Waals surface area contributed by atoms with E-state index in [0.717, 1.165) is 22.8 Å². The summed E-state index contributed by atoms with van der Waals surface area (Å²) in [7, 11) is 0. The molecule has 4 nitrogen and oxygen atoms in total.